The average Bonchev–Trinajstić information content (AvgIpc) is 3.14. The fourth-order valence-electron chi connectivity index (χ4n) is 2.52. The normalized spacial score (nSPS) is 21.6. The standard InChI is InChI=1S/C14H15N3/c1-8-5-11-13(10-3-4-10)16-7-17-14(11)12(6-15)9(8)2/h5,7,10,13H,3-4H2,1-2H3,(H,16,17)/t13-/m1/s1. The van der Waals surface area contributed by atoms with Gasteiger partial charge in [-0.2, -0.15) is 5.26 Å². The lowest BCUT2D eigenvalue weighted by Crippen LogP contribution is -2.14. The van der Waals surface area contributed by atoms with E-state index in [1.54, 1.807) is 6.34 Å². The molecule has 1 aliphatic heterocycles. The minimum Gasteiger partial charge on any atom is -0.345 e. The summed E-state index contributed by atoms with van der Waals surface area (Å²) >= 11 is 0. The maximum absolute atomic E-state index is 9.30. The molecular weight excluding hydrogens is 210 g/mol. The van der Waals surface area contributed by atoms with Crippen LogP contribution in [0.1, 0.15) is 41.1 Å². The van der Waals surface area contributed by atoms with Crippen LogP contribution in [0.3, 0.4) is 0 Å². The van der Waals surface area contributed by atoms with Crippen molar-refractivity contribution in [1.82, 2.24) is 0 Å². The van der Waals surface area contributed by atoms with E-state index in [4.69, 9.17) is 0 Å². The number of aliphatic imine (C=N–C) groups is 1. The first kappa shape index (κ1) is 10.3. The van der Waals surface area contributed by atoms with Crippen molar-refractivity contribution in [2.24, 2.45) is 10.9 Å². The molecule has 0 radical (unpaired) electrons. The highest BCUT2D eigenvalue weighted by molar-refractivity contribution is 5.85. The Bertz CT molecular complexity index is 548. The number of fused-ring (bicyclic) bond motifs is 1. The van der Waals surface area contributed by atoms with Gasteiger partial charge in [0, 0.05) is 5.56 Å². The minimum absolute atomic E-state index is 0.262. The third-order valence-corrected chi connectivity index (χ3v) is 3.82. The number of nitrogens with zero attached hydrogens (tertiary/aromatic N) is 2. The van der Waals surface area contributed by atoms with E-state index in [9.17, 15) is 5.26 Å². The molecule has 1 aromatic rings. The van der Waals surface area contributed by atoms with Crippen molar-refractivity contribution in [3.8, 4) is 6.07 Å². The summed E-state index contributed by atoms with van der Waals surface area (Å²) in [5.41, 5.74) is 5.21. The Morgan fingerprint density at radius 2 is 2.18 bits per heavy atom. The highest BCUT2D eigenvalue weighted by Crippen LogP contribution is 2.47. The highest BCUT2D eigenvalue weighted by atomic mass is 15.0. The predicted octanol–water partition coefficient (Wildman–Crippen LogP) is 3.08. The van der Waals surface area contributed by atoms with Gasteiger partial charge in [-0.05, 0) is 43.7 Å². The van der Waals surface area contributed by atoms with Gasteiger partial charge in [-0.15, -0.1) is 0 Å². The summed E-state index contributed by atoms with van der Waals surface area (Å²) in [6, 6.07) is 4.77. The Kier molecular flexibility index (Phi) is 2.19. The molecule has 0 amide bonds. The van der Waals surface area contributed by atoms with E-state index in [-0.39, 0.29) is 6.04 Å². The van der Waals surface area contributed by atoms with Crippen molar-refractivity contribution in [1.29, 1.82) is 5.26 Å². The Morgan fingerprint density at radius 3 is 2.82 bits per heavy atom. The third-order valence-electron chi connectivity index (χ3n) is 3.82. The van der Waals surface area contributed by atoms with Crippen molar-refractivity contribution in [3.63, 3.8) is 0 Å². The Hall–Kier alpha value is -1.82. The van der Waals surface area contributed by atoms with Crippen molar-refractivity contribution >= 4 is 12.0 Å². The molecule has 1 saturated carbocycles. The van der Waals surface area contributed by atoms with E-state index in [2.05, 4.69) is 29.4 Å². The second kappa shape index (κ2) is 3.59. The molecule has 1 aliphatic carbocycles. The molecule has 86 valence electrons. The lowest BCUT2D eigenvalue weighted by atomic mass is 9.91. The number of rotatable bonds is 1. The summed E-state index contributed by atoms with van der Waals surface area (Å²) in [6.45, 7) is 4.08. The van der Waals surface area contributed by atoms with Crippen molar-refractivity contribution in [3.05, 3.63) is 28.3 Å². The molecule has 0 unspecified atom stereocenters. The second-order valence-corrected chi connectivity index (χ2v) is 4.97. The van der Waals surface area contributed by atoms with Crippen LogP contribution in [0, 0.1) is 31.1 Å². The summed E-state index contributed by atoms with van der Waals surface area (Å²) in [4.78, 5) is 4.53. The van der Waals surface area contributed by atoms with Crippen LogP contribution in [-0.4, -0.2) is 6.34 Å². The van der Waals surface area contributed by atoms with Crippen LogP contribution in [0.15, 0.2) is 11.1 Å². The molecule has 0 aromatic heterocycles. The van der Waals surface area contributed by atoms with Gasteiger partial charge in [-0.1, -0.05) is 6.07 Å². The minimum atomic E-state index is 0.262. The largest absolute Gasteiger partial charge is 0.345 e. The van der Waals surface area contributed by atoms with Crippen LogP contribution in [-0.2, 0) is 0 Å². The van der Waals surface area contributed by atoms with Crippen LogP contribution < -0.4 is 5.32 Å². The van der Waals surface area contributed by atoms with Gasteiger partial charge in [-0.3, -0.25) is 4.99 Å². The number of hydrogen-bond acceptors (Lipinski definition) is 3. The van der Waals surface area contributed by atoms with Gasteiger partial charge >= 0.3 is 0 Å². The molecule has 17 heavy (non-hydrogen) atoms. The van der Waals surface area contributed by atoms with Crippen LogP contribution in [0.5, 0.6) is 0 Å². The first-order valence-electron chi connectivity index (χ1n) is 6.04. The van der Waals surface area contributed by atoms with Gasteiger partial charge in [0.1, 0.15) is 6.07 Å². The molecule has 3 rings (SSSR count). The lowest BCUT2D eigenvalue weighted by molar-refractivity contribution is 0.635. The van der Waals surface area contributed by atoms with Gasteiger partial charge in [0.15, 0.2) is 0 Å². The zero-order valence-corrected chi connectivity index (χ0v) is 10.1. The van der Waals surface area contributed by atoms with Crippen LogP contribution in [0.4, 0.5) is 5.69 Å². The molecule has 1 atom stereocenters. The van der Waals surface area contributed by atoms with Gasteiger partial charge in [-0.25, -0.2) is 0 Å². The smallest absolute Gasteiger partial charge is 0.102 e. The monoisotopic (exact) mass is 225 g/mol. The number of nitrogens with one attached hydrogen (secondary N) is 1. The van der Waals surface area contributed by atoms with Crippen molar-refractivity contribution < 1.29 is 0 Å². The van der Waals surface area contributed by atoms with E-state index in [1.807, 2.05) is 6.92 Å². The predicted molar refractivity (Wildman–Crippen MR) is 68.2 cm³/mol. The maximum atomic E-state index is 9.30. The number of aryl methyl sites for hydroxylation is 1. The fourth-order valence-corrected chi connectivity index (χ4v) is 2.52. The van der Waals surface area contributed by atoms with E-state index >= 15 is 0 Å². The highest BCUT2D eigenvalue weighted by Gasteiger charge is 2.35. The van der Waals surface area contributed by atoms with Gasteiger partial charge in [0.25, 0.3) is 0 Å². The molecular formula is C14H15N3. The number of nitriles is 1. The summed E-state index contributed by atoms with van der Waals surface area (Å²) < 4.78 is 0. The zero-order valence-electron chi connectivity index (χ0n) is 10.1. The molecule has 3 heteroatoms. The maximum Gasteiger partial charge on any atom is 0.102 e. The molecule has 0 bridgehead atoms. The first-order chi connectivity index (χ1) is 8.22. The second-order valence-electron chi connectivity index (χ2n) is 4.97. The zero-order chi connectivity index (χ0) is 12.0. The summed E-state index contributed by atoms with van der Waals surface area (Å²) in [5, 5.41) is 12.5. The SMILES string of the molecule is Cc1cc2c(c(C#N)c1C)NC=N[C@@H]2C1CC1. The molecule has 0 spiro atoms. The van der Waals surface area contributed by atoms with Gasteiger partial charge < -0.3 is 5.32 Å². The van der Waals surface area contributed by atoms with Gasteiger partial charge in [0.05, 0.1) is 23.6 Å². The first-order valence-corrected chi connectivity index (χ1v) is 6.04. The third kappa shape index (κ3) is 1.52. The molecule has 2 aliphatic rings. The topological polar surface area (TPSA) is 48.2 Å². The van der Waals surface area contributed by atoms with Crippen LogP contribution in [0.25, 0.3) is 0 Å². The fraction of sp³-hybridized carbons (Fsp3) is 0.429. The molecule has 1 fully saturated rings. The Morgan fingerprint density at radius 1 is 1.41 bits per heavy atom. The molecule has 0 saturated heterocycles. The van der Waals surface area contributed by atoms with E-state index < -0.39 is 0 Å². The molecule has 3 nitrogen and oxygen atoms in total. The summed E-state index contributed by atoms with van der Waals surface area (Å²) in [7, 11) is 0. The Labute approximate surface area is 101 Å². The number of benzene rings is 1. The number of hydrogen-bond donors (Lipinski definition) is 1. The quantitative estimate of drug-likeness (QED) is 0.798. The van der Waals surface area contributed by atoms with E-state index in [0.717, 1.165) is 16.8 Å². The van der Waals surface area contributed by atoms with Gasteiger partial charge in [0.2, 0.25) is 0 Å². The van der Waals surface area contributed by atoms with Crippen molar-refractivity contribution in [2.45, 2.75) is 32.7 Å². The molecule has 1 N–H and O–H groups in total. The molecule has 1 aromatic carbocycles. The van der Waals surface area contributed by atoms with Crippen molar-refractivity contribution in [2.75, 3.05) is 5.32 Å². The number of anilines is 1. The summed E-state index contributed by atoms with van der Waals surface area (Å²) in [6.07, 6.45) is 4.27. The van der Waals surface area contributed by atoms with Crippen LogP contribution >= 0.6 is 0 Å². The van der Waals surface area contributed by atoms with E-state index in [1.165, 1.54) is 24.0 Å². The van der Waals surface area contributed by atoms with E-state index in [0.29, 0.717) is 5.92 Å². The Balaban J connectivity index is 2.20. The van der Waals surface area contributed by atoms with Crippen LogP contribution in [0.2, 0.25) is 0 Å². The lowest BCUT2D eigenvalue weighted by Gasteiger charge is -2.23. The summed E-state index contributed by atoms with van der Waals surface area (Å²) in [5.74, 6) is 0.681. The molecule has 1 heterocycles. The average molecular weight is 225 g/mol.